The molecule has 1 aromatic carbocycles. The predicted molar refractivity (Wildman–Crippen MR) is 72.5 cm³/mol. The van der Waals surface area contributed by atoms with Crippen molar-refractivity contribution in [1.82, 2.24) is 5.32 Å². The molecular formula is C12H12Cl3NO. The van der Waals surface area contributed by atoms with E-state index < -0.39 is 9.70 Å². The van der Waals surface area contributed by atoms with Crippen LogP contribution >= 0.6 is 34.8 Å². The number of hydrogen-bond acceptors (Lipinski definition) is 1. The maximum absolute atomic E-state index is 11.6. The highest BCUT2D eigenvalue weighted by Gasteiger charge is 2.32. The van der Waals surface area contributed by atoms with Crippen molar-refractivity contribution in [3.05, 3.63) is 48.0 Å². The van der Waals surface area contributed by atoms with Gasteiger partial charge in [0.25, 0.3) is 9.70 Å². The second kappa shape index (κ2) is 5.76. The second-order valence-electron chi connectivity index (χ2n) is 3.54. The number of carbonyl (C=O) groups is 1. The van der Waals surface area contributed by atoms with Gasteiger partial charge in [0, 0.05) is 0 Å². The first-order chi connectivity index (χ1) is 7.86. The summed E-state index contributed by atoms with van der Waals surface area (Å²) in [4.78, 5) is 11.6. The monoisotopic (exact) mass is 291 g/mol. The van der Waals surface area contributed by atoms with E-state index in [1.807, 2.05) is 31.2 Å². The summed E-state index contributed by atoms with van der Waals surface area (Å²) in [6.07, 6.45) is 1.59. The highest BCUT2D eigenvalue weighted by Crippen LogP contribution is 2.28. The average molecular weight is 293 g/mol. The van der Waals surface area contributed by atoms with E-state index in [1.165, 1.54) is 0 Å². The van der Waals surface area contributed by atoms with Crippen LogP contribution in [0.4, 0.5) is 0 Å². The Kier molecular flexibility index (Phi) is 4.87. The quantitative estimate of drug-likeness (QED) is 0.668. The van der Waals surface area contributed by atoms with Gasteiger partial charge in [-0.3, -0.25) is 4.79 Å². The van der Waals surface area contributed by atoms with E-state index in [9.17, 15) is 4.79 Å². The second-order valence-corrected chi connectivity index (χ2v) is 5.82. The molecule has 1 unspecified atom stereocenters. The van der Waals surface area contributed by atoms with E-state index in [1.54, 1.807) is 6.08 Å². The Bertz CT molecular complexity index is 426. The molecule has 0 heterocycles. The largest absolute Gasteiger partial charge is 0.342 e. The lowest BCUT2D eigenvalue weighted by Crippen LogP contribution is -2.36. The van der Waals surface area contributed by atoms with Crippen LogP contribution in [-0.2, 0) is 4.79 Å². The summed E-state index contributed by atoms with van der Waals surface area (Å²) in [5.74, 6) is -0.671. The van der Waals surface area contributed by atoms with Crippen LogP contribution in [0.25, 0.3) is 0 Å². The van der Waals surface area contributed by atoms with Gasteiger partial charge < -0.3 is 5.32 Å². The van der Waals surface area contributed by atoms with Crippen molar-refractivity contribution < 1.29 is 4.79 Å². The number of benzene rings is 1. The fourth-order valence-corrected chi connectivity index (χ4v) is 1.59. The zero-order valence-electron chi connectivity index (χ0n) is 9.21. The molecule has 0 aliphatic rings. The van der Waals surface area contributed by atoms with E-state index in [0.717, 1.165) is 11.1 Å². The van der Waals surface area contributed by atoms with E-state index in [2.05, 4.69) is 11.9 Å². The van der Waals surface area contributed by atoms with Gasteiger partial charge >= 0.3 is 0 Å². The van der Waals surface area contributed by atoms with Crippen LogP contribution in [0.5, 0.6) is 0 Å². The molecule has 0 aliphatic carbocycles. The molecule has 1 atom stereocenters. The van der Waals surface area contributed by atoms with Gasteiger partial charge in [-0.2, -0.15) is 0 Å². The number of carbonyl (C=O) groups excluding carboxylic acids is 1. The Morgan fingerprint density at radius 3 is 2.47 bits per heavy atom. The van der Waals surface area contributed by atoms with E-state index in [0.29, 0.717) is 0 Å². The minimum absolute atomic E-state index is 0.376. The number of alkyl halides is 3. The Morgan fingerprint density at radius 2 is 2.00 bits per heavy atom. The standard InChI is InChI=1S/C12H12Cl3NO/c1-3-10(16-11(17)12(13,14)15)9-7-5-4-6-8(9)2/h3-7,10H,1H2,2H3,(H,16,17). The molecule has 0 aromatic heterocycles. The van der Waals surface area contributed by atoms with Crippen LogP contribution in [0.3, 0.4) is 0 Å². The Balaban J connectivity index is 2.91. The SMILES string of the molecule is C=CC(NC(=O)C(Cl)(Cl)Cl)c1ccccc1C. The maximum atomic E-state index is 11.6. The lowest BCUT2D eigenvalue weighted by atomic mass is 10.0. The molecule has 0 bridgehead atoms. The van der Waals surface area contributed by atoms with Crippen molar-refractivity contribution in [3.8, 4) is 0 Å². The molecule has 5 heteroatoms. The van der Waals surface area contributed by atoms with Crippen molar-refractivity contribution in [1.29, 1.82) is 0 Å². The molecule has 0 saturated heterocycles. The molecule has 1 N–H and O–H groups in total. The van der Waals surface area contributed by atoms with Crippen molar-refractivity contribution in [2.75, 3.05) is 0 Å². The van der Waals surface area contributed by atoms with E-state index in [-0.39, 0.29) is 6.04 Å². The van der Waals surface area contributed by atoms with Crippen molar-refractivity contribution in [2.45, 2.75) is 16.8 Å². The predicted octanol–water partition coefficient (Wildman–Crippen LogP) is 3.71. The van der Waals surface area contributed by atoms with E-state index >= 15 is 0 Å². The highest BCUT2D eigenvalue weighted by molar-refractivity contribution is 6.76. The smallest absolute Gasteiger partial charge is 0.272 e. The number of aryl methyl sites for hydroxylation is 1. The fourth-order valence-electron chi connectivity index (χ4n) is 1.42. The Morgan fingerprint density at radius 1 is 1.41 bits per heavy atom. The molecule has 1 amide bonds. The summed E-state index contributed by atoms with van der Waals surface area (Å²) in [6, 6.07) is 7.24. The normalized spacial score (nSPS) is 12.9. The third-order valence-corrected chi connectivity index (χ3v) is 2.82. The molecule has 0 aliphatic heterocycles. The molecule has 0 saturated carbocycles. The van der Waals surface area contributed by atoms with Gasteiger partial charge in [0.1, 0.15) is 0 Å². The maximum Gasteiger partial charge on any atom is 0.272 e. The summed E-state index contributed by atoms with van der Waals surface area (Å²) in [6.45, 7) is 5.61. The number of halogens is 3. The minimum Gasteiger partial charge on any atom is -0.342 e. The van der Waals surface area contributed by atoms with Gasteiger partial charge in [0.2, 0.25) is 0 Å². The molecule has 92 valence electrons. The van der Waals surface area contributed by atoms with Gasteiger partial charge in [-0.05, 0) is 18.1 Å². The molecule has 0 fully saturated rings. The number of hydrogen-bond donors (Lipinski definition) is 1. The summed E-state index contributed by atoms with van der Waals surface area (Å²) < 4.78 is -1.97. The van der Waals surface area contributed by atoms with E-state index in [4.69, 9.17) is 34.8 Å². The third-order valence-electron chi connectivity index (χ3n) is 2.30. The first-order valence-corrected chi connectivity index (χ1v) is 6.05. The first-order valence-electron chi connectivity index (χ1n) is 4.92. The molecule has 1 rings (SSSR count). The first kappa shape index (κ1) is 14.4. The molecule has 17 heavy (non-hydrogen) atoms. The summed E-state index contributed by atoms with van der Waals surface area (Å²) in [5.41, 5.74) is 1.95. The van der Waals surface area contributed by atoms with Crippen molar-refractivity contribution >= 4 is 40.7 Å². The van der Waals surface area contributed by atoms with Crippen LogP contribution < -0.4 is 5.32 Å². The van der Waals surface area contributed by atoms with Gasteiger partial charge in [0.15, 0.2) is 0 Å². The fraction of sp³-hybridized carbons (Fsp3) is 0.250. The van der Waals surface area contributed by atoms with Crippen LogP contribution in [0.15, 0.2) is 36.9 Å². The number of nitrogens with one attached hydrogen (secondary N) is 1. The summed E-state index contributed by atoms with van der Waals surface area (Å²) in [5, 5.41) is 2.61. The number of rotatable bonds is 3. The topological polar surface area (TPSA) is 29.1 Å². The summed E-state index contributed by atoms with van der Waals surface area (Å²) >= 11 is 16.5. The average Bonchev–Trinajstić information content (AvgIpc) is 2.25. The number of amides is 1. The third kappa shape index (κ3) is 3.91. The minimum atomic E-state index is -1.97. The lowest BCUT2D eigenvalue weighted by molar-refractivity contribution is -0.120. The van der Waals surface area contributed by atoms with Crippen LogP contribution in [0.2, 0.25) is 0 Å². The zero-order valence-corrected chi connectivity index (χ0v) is 11.5. The van der Waals surface area contributed by atoms with Crippen LogP contribution in [-0.4, -0.2) is 9.70 Å². The van der Waals surface area contributed by atoms with Gasteiger partial charge in [-0.15, -0.1) is 6.58 Å². The van der Waals surface area contributed by atoms with Gasteiger partial charge in [-0.1, -0.05) is 65.1 Å². The molecule has 0 radical (unpaired) electrons. The summed E-state index contributed by atoms with van der Waals surface area (Å²) in [7, 11) is 0. The molecular weight excluding hydrogens is 280 g/mol. The molecule has 1 aromatic rings. The highest BCUT2D eigenvalue weighted by atomic mass is 35.6. The lowest BCUT2D eigenvalue weighted by Gasteiger charge is -2.20. The van der Waals surface area contributed by atoms with Crippen LogP contribution in [0.1, 0.15) is 17.2 Å². The van der Waals surface area contributed by atoms with Crippen molar-refractivity contribution in [3.63, 3.8) is 0 Å². The molecule has 0 spiro atoms. The van der Waals surface area contributed by atoms with Gasteiger partial charge in [-0.25, -0.2) is 0 Å². The van der Waals surface area contributed by atoms with Crippen LogP contribution in [0, 0.1) is 6.92 Å². The van der Waals surface area contributed by atoms with Crippen molar-refractivity contribution in [2.24, 2.45) is 0 Å². The Labute approximate surface area is 116 Å². The molecule has 2 nitrogen and oxygen atoms in total. The van der Waals surface area contributed by atoms with Gasteiger partial charge in [0.05, 0.1) is 6.04 Å². The Hall–Kier alpha value is -0.700. The zero-order chi connectivity index (χ0) is 13.1.